The highest BCUT2D eigenvalue weighted by Gasteiger charge is 2.23. The number of hydrogen-bond donors (Lipinski definition) is 1. The van der Waals surface area contributed by atoms with Crippen LogP contribution in [0.4, 0.5) is 0 Å². The average molecular weight is 460 g/mol. The number of carboxylic acid groups (broad SMARTS) is 1. The third-order valence-electron chi connectivity index (χ3n) is 6.92. The second kappa shape index (κ2) is 8.13. The normalized spacial score (nSPS) is 11.6. The van der Waals surface area contributed by atoms with Gasteiger partial charge in [-0.3, -0.25) is 0 Å². The van der Waals surface area contributed by atoms with E-state index in [9.17, 15) is 9.90 Å². The molecule has 0 atom stereocenters. The summed E-state index contributed by atoms with van der Waals surface area (Å²) in [5.74, 6) is -0.946. The Kier molecular flexibility index (Phi) is 4.92. The molecule has 3 aromatic heterocycles. The summed E-state index contributed by atoms with van der Waals surface area (Å²) in [5.41, 5.74) is 7.10. The Labute approximate surface area is 202 Å². The summed E-state index contributed by atoms with van der Waals surface area (Å²) >= 11 is 0. The van der Waals surface area contributed by atoms with E-state index in [2.05, 4.69) is 47.2 Å². The molecule has 1 N–H and O–H groups in total. The molecule has 0 radical (unpaired) electrons. The maximum atomic E-state index is 12.5. The molecule has 5 heteroatoms. The van der Waals surface area contributed by atoms with Gasteiger partial charge in [-0.1, -0.05) is 54.6 Å². The van der Waals surface area contributed by atoms with Gasteiger partial charge in [-0.05, 0) is 53.9 Å². The summed E-state index contributed by atoms with van der Waals surface area (Å²) in [7, 11) is 0. The van der Waals surface area contributed by atoms with E-state index in [0.29, 0.717) is 23.2 Å². The summed E-state index contributed by atoms with van der Waals surface area (Å²) < 4.78 is 4.36. The molecule has 3 aromatic carbocycles. The lowest BCUT2D eigenvalue weighted by molar-refractivity contribution is 0.0700. The molecule has 0 unspecified atom stereocenters. The van der Waals surface area contributed by atoms with Crippen molar-refractivity contribution in [2.45, 2.75) is 26.8 Å². The van der Waals surface area contributed by atoms with Gasteiger partial charge in [0.15, 0.2) is 0 Å². The minimum Gasteiger partial charge on any atom is -0.478 e. The molecule has 0 fully saturated rings. The minimum absolute atomic E-state index is 0.292. The molecule has 0 aliphatic heterocycles. The predicted molar refractivity (Wildman–Crippen MR) is 140 cm³/mol. The first kappa shape index (κ1) is 21.2. The van der Waals surface area contributed by atoms with E-state index in [4.69, 9.17) is 4.98 Å². The van der Waals surface area contributed by atoms with Crippen molar-refractivity contribution in [3.63, 3.8) is 0 Å². The van der Waals surface area contributed by atoms with Gasteiger partial charge < -0.3 is 14.1 Å². The first-order valence-electron chi connectivity index (χ1n) is 11.9. The zero-order valence-electron chi connectivity index (χ0n) is 19.7. The number of carbonyl (C=O) groups is 1. The van der Waals surface area contributed by atoms with Crippen molar-refractivity contribution in [3.05, 3.63) is 108 Å². The Balaban J connectivity index is 1.64. The third-order valence-corrected chi connectivity index (χ3v) is 6.92. The van der Waals surface area contributed by atoms with Gasteiger partial charge in [-0.25, -0.2) is 9.78 Å². The number of aromatic nitrogens is 3. The Morgan fingerprint density at radius 3 is 2.63 bits per heavy atom. The lowest BCUT2D eigenvalue weighted by atomic mass is 9.94. The lowest BCUT2D eigenvalue weighted by Crippen LogP contribution is -2.03. The summed E-state index contributed by atoms with van der Waals surface area (Å²) in [4.78, 5) is 17.5. The quantitative estimate of drug-likeness (QED) is 0.311. The number of aromatic carboxylic acids is 1. The van der Waals surface area contributed by atoms with Crippen molar-refractivity contribution in [1.82, 2.24) is 14.0 Å². The molecule has 0 bridgehead atoms. The Bertz CT molecular complexity index is 1760. The van der Waals surface area contributed by atoms with Gasteiger partial charge in [0.25, 0.3) is 0 Å². The number of imidazole rings is 1. The first-order chi connectivity index (χ1) is 17.1. The topological polar surface area (TPSA) is 59.5 Å². The number of fused-ring (bicyclic) bond motifs is 3. The van der Waals surface area contributed by atoms with E-state index in [1.165, 1.54) is 22.0 Å². The average Bonchev–Trinajstić information content (AvgIpc) is 3.42. The van der Waals surface area contributed by atoms with Crippen LogP contribution in [0.5, 0.6) is 0 Å². The lowest BCUT2D eigenvalue weighted by Gasteiger charge is -2.11. The number of nitrogens with zero attached hydrogens (tertiary/aromatic N) is 3. The fourth-order valence-corrected chi connectivity index (χ4v) is 5.34. The number of aryl methyl sites for hydroxylation is 2. The molecular weight excluding hydrogens is 434 g/mol. The molecule has 0 saturated carbocycles. The van der Waals surface area contributed by atoms with Gasteiger partial charge in [0.2, 0.25) is 0 Å². The van der Waals surface area contributed by atoms with Gasteiger partial charge in [-0.2, -0.15) is 0 Å². The molecular formula is C30H25N3O2. The molecule has 6 rings (SSSR count). The van der Waals surface area contributed by atoms with Crippen LogP contribution in [-0.2, 0) is 13.0 Å². The zero-order valence-corrected chi connectivity index (χ0v) is 19.7. The van der Waals surface area contributed by atoms with E-state index >= 15 is 0 Å². The third kappa shape index (κ3) is 3.31. The molecule has 3 heterocycles. The molecule has 5 nitrogen and oxygen atoms in total. The van der Waals surface area contributed by atoms with Crippen molar-refractivity contribution < 1.29 is 9.90 Å². The Morgan fingerprint density at radius 2 is 1.80 bits per heavy atom. The van der Waals surface area contributed by atoms with Gasteiger partial charge in [-0.15, -0.1) is 0 Å². The number of carboxylic acids is 1. The molecule has 0 saturated heterocycles. The van der Waals surface area contributed by atoms with Crippen LogP contribution in [0.25, 0.3) is 38.6 Å². The molecule has 0 spiro atoms. The fourth-order valence-electron chi connectivity index (χ4n) is 5.34. The van der Waals surface area contributed by atoms with Crippen LogP contribution in [0, 0.1) is 6.92 Å². The monoisotopic (exact) mass is 459 g/mol. The van der Waals surface area contributed by atoms with Crippen LogP contribution in [0.2, 0.25) is 0 Å². The van der Waals surface area contributed by atoms with Crippen LogP contribution in [0.15, 0.2) is 85.2 Å². The smallest absolute Gasteiger partial charge is 0.337 e. The highest BCUT2D eigenvalue weighted by Crippen LogP contribution is 2.35. The summed E-state index contributed by atoms with van der Waals surface area (Å²) in [6.07, 6.45) is 4.87. The van der Waals surface area contributed by atoms with E-state index < -0.39 is 5.97 Å². The van der Waals surface area contributed by atoms with Crippen molar-refractivity contribution in [3.8, 4) is 11.3 Å². The Morgan fingerprint density at radius 1 is 0.971 bits per heavy atom. The number of benzene rings is 3. The van der Waals surface area contributed by atoms with E-state index in [1.54, 1.807) is 0 Å². The van der Waals surface area contributed by atoms with Crippen LogP contribution < -0.4 is 0 Å². The van der Waals surface area contributed by atoms with E-state index in [-0.39, 0.29) is 0 Å². The van der Waals surface area contributed by atoms with Gasteiger partial charge in [0.1, 0.15) is 5.65 Å². The zero-order chi connectivity index (χ0) is 24.1. The summed E-state index contributed by atoms with van der Waals surface area (Å²) in [5, 5.41) is 13.1. The minimum atomic E-state index is -0.946. The fraction of sp³-hybridized carbons (Fsp3) is 0.133. The van der Waals surface area contributed by atoms with Gasteiger partial charge in [0.05, 0.1) is 17.0 Å². The molecule has 0 aliphatic carbocycles. The maximum Gasteiger partial charge on any atom is 0.337 e. The van der Waals surface area contributed by atoms with E-state index in [1.807, 2.05) is 60.8 Å². The highest BCUT2D eigenvalue weighted by molar-refractivity contribution is 6.09. The first-order valence-corrected chi connectivity index (χ1v) is 11.9. The highest BCUT2D eigenvalue weighted by atomic mass is 16.4. The van der Waals surface area contributed by atoms with E-state index in [0.717, 1.165) is 28.7 Å². The van der Waals surface area contributed by atoms with Crippen LogP contribution >= 0.6 is 0 Å². The molecule has 172 valence electrons. The number of pyridine rings is 1. The van der Waals surface area contributed by atoms with Crippen LogP contribution in [-0.4, -0.2) is 25.0 Å². The molecule has 0 amide bonds. The van der Waals surface area contributed by atoms with Crippen LogP contribution in [0.1, 0.15) is 34.1 Å². The second-order valence-electron chi connectivity index (χ2n) is 8.94. The largest absolute Gasteiger partial charge is 0.478 e. The van der Waals surface area contributed by atoms with Crippen LogP contribution in [0.3, 0.4) is 0 Å². The van der Waals surface area contributed by atoms with Crippen molar-refractivity contribution >= 4 is 33.3 Å². The SMILES string of the molecule is CCn1cc(Cc2c(-c3ccc4ccccc4c3C(=O)O)nc3ccccn23)c2c(C)cccc21. The van der Waals surface area contributed by atoms with Crippen molar-refractivity contribution in [2.75, 3.05) is 0 Å². The predicted octanol–water partition coefficient (Wildman–Crippen LogP) is 6.73. The van der Waals surface area contributed by atoms with Gasteiger partial charge in [0, 0.05) is 41.8 Å². The molecule has 0 aliphatic rings. The summed E-state index contributed by atoms with van der Waals surface area (Å²) in [6, 6.07) is 23.8. The standard InChI is InChI=1S/C30H25N3O2/c1-3-32-18-21(27-19(2)9-8-12-24(27)32)17-25-29(31-26-13-6-7-16-33(25)26)23-15-14-20-10-4-5-11-22(20)28(23)30(34)35/h4-16,18H,3,17H2,1-2H3,(H,34,35). The molecule has 35 heavy (non-hydrogen) atoms. The number of rotatable bonds is 5. The summed E-state index contributed by atoms with van der Waals surface area (Å²) in [6.45, 7) is 5.18. The second-order valence-corrected chi connectivity index (χ2v) is 8.94. The van der Waals surface area contributed by atoms with Gasteiger partial charge >= 0.3 is 5.97 Å². The Hall–Kier alpha value is -4.38. The van der Waals surface area contributed by atoms with Crippen molar-refractivity contribution in [1.29, 1.82) is 0 Å². The maximum absolute atomic E-state index is 12.5. The van der Waals surface area contributed by atoms with Crippen molar-refractivity contribution in [2.24, 2.45) is 0 Å². The molecule has 6 aromatic rings. The number of hydrogen-bond acceptors (Lipinski definition) is 2.